The maximum atomic E-state index is 14.0. The number of hydrogen-bond acceptors (Lipinski definition) is 3. The van der Waals surface area contributed by atoms with Crippen LogP contribution in [0.15, 0.2) is 42.6 Å². The number of thiophene rings is 1. The van der Waals surface area contributed by atoms with E-state index in [2.05, 4.69) is 10.3 Å². The van der Waals surface area contributed by atoms with Gasteiger partial charge in [-0.1, -0.05) is 12.1 Å². The van der Waals surface area contributed by atoms with Crippen LogP contribution in [0.1, 0.15) is 26.5 Å². The lowest BCUT2D eigenvalue weighted by Gasteiger charge is -2.16. The van der Waals surface area contributed by atoms with Crippen molar-refractivity contribution in [2.45, 2.75) is 19.4 Å². The molecule has 1 amide bonds. The van der Waals surface area contributed by atoms with Gasteiger partial charge in [-0.2, -0.15) is 0 Å². The predicted molar refractivity (Wildman–Crippen MR) is 92.5 cm³/mol. The molecule has 2 aromatic heterocycles. The molecule has 1 N–H and O–H groups in total. The van der Waals surface area contributed by atoms with Crippen molar-refractivity contribution in [2.75, 3.05) is 0 Å². The summed E-state index contributed by atoms with van der Waals surface area (Å²) < 4.78 is 27.4. The second kappa shape index (κ2) is 6.37. The minimum atomic E-state index is -0.827. The average Bonchev–Trinajstić information content (AvgIpc) is 3.08. The van der Waals surface area contributed by atoms with Gasteiger partial charge in [-0.3, -0.25) is 9.78 Å². The van der Waals surface area contributed by atoms with Crippen molar-refractivity contribution in [3.05, 3.63) is 75.9 Å². The van der Waals surface area contributed by atoms with Gasteiger partial charge in [0.15, 0.2) is 11.6 Å². The van der Waals surface area contributed by atoms with Crippen molar-refractivity contribution in [2.24, 2.45) is 0 Å². The summed E-state index contributed by atoms with van der Waals surface area (Å²) in [6.07, 6.45) is 2.72. The molecule has 0 saturated carbocycles. The second-order valence-corrected chi connectivity index (χ2v) is 6.91. The zero-order valence-electron chi connectivity index (χ0n) is 13.2. The van der Waals surface area contributed by atoms with Crippen LogP contribution in [0.3, 0.4) is 0 Å². The van der Waals surface area contributed by atoms with Crippen molar-refractivity contribution in [1.82, 2.24) is 10.3 Å². The van der Waals surface area contributed by atoms with E-state index < -0.39 is 11.6 Å². The molecule has 1 aromatic carbocycles. The van der Waals surface area contributed by atoms with Crippen molar-refractivity contribution in [3.63, 3.8) is 0 Å². The number of fused-ring (bicyclic) bond motifs is 3. The lowest BCUT2D eigenvalue weighted by atomic mass is 9.91. The van der Waals surface area contributed by atoms with Crippen molar-refractivity contribution in [1.29, 1.82) is 0 Å². The van der Waals surface area contributed by atoms with E-state index in [0.717, 1.165) is 22.2 Å². The van der Waals surface area contributed by atoms with Gasteiger partial charge in [-0.05, 0) is 53.8 Å². The quantitative estimate of drug-likeness (QED) is 0.767. The summed E-state index contributed by atoms with van der Waals surface area (Å²) >= 11 is 1.31. The molecular weight excluding hydrogens is 342 g/mol. The first kappa shape index (κ1) is 15.9. The van der Waals surface area contributed by atoms with Gasteiger partial charge in [0.05, 0.1) is 17.1 Å². The first-order valence-electron chi connectivity index (χ1n) is 7.91. The standard InChI is InChI=1S/C19H14F2N2OS/c20-15-7-6-14-13(17(15)21)5-4-11-9-16(25-18(11)14)19(24)23-10-12-3-1-2-8-22-12/h1-3,6-9H,4-5,10H2,(H,23,24). The largest absolute Gasteiger partial charge is 0.346 e. The monoisotopic (exact) mass is 356 g/mol. The molecule has 0 fully saturated rings. The average molecular weight is 356 g/mol. The van der Waals surface area contributed by atoms with Crippen LogP contribution in [0.5, 0.6) is 0 Å². The van der Waals surface area contributed by atoms with Crippen LogP contribution in [0.25, 0.3) is 10.4 Å². The predicted octanol–water partition coefficient (Wildman–Crippen LogP) is 4.12. The number of aromatic nitrogens is 1. The number of halogens is 2. The number of carbonyl (C=O) groups is 1. The van der Waals surface area contributed by atoms with Crippen LogP contribution < -0.4 is 5.32 Å². The number of hydrogen-bond donors (Lipinski definition) is 1. The van der Waals surface area contributed by atoms with E-state index in [1.165, 1.54) is 11.3 Å². The number of nitrogens with zero attached hydrogens (tertiary/aromatic N) is 1. The van der Waals surface area contributed by atoms with Crippen LogP contribution in [-0.4, -0.2) is 10.9 Å². The fraction of sp³-hybridized carbons (Fsp3) is 0.158. The summed E-state index contributed by atoms with van der Waals surface area (Å²) in [5.41, 5.74) is 2.87. The summed E-state index contributed by atoms with van der Waals surface area (Å²) in [5.74, 6) is -1.79. The Kier molecular flexibility index (Phi) is 4.05. The van der Waals surface area contributed by atoms with Gasteiger partial charge in [-0.25, -0.2) is 8.78 Å². The molecule has 3 nitrogen and oxygen atoms in total. The Morgan fingerprint density at radius 3 is 2.88 bits per heavy atom. The zero-order chi connectivity index (χ0) is 17.4. The Labute approximate surface area is 147 Å². The van der Waals surface area contributed by atoms with E-state index in [-0.39, 0.29) is 5.91 Å². The Bertz CT molecular complexity index is 954. The van der Waals surface area contributed by atoms with E-state index >= 15 is 0 Å². The first-order chi connectivity index (χ1) is 12.1. The molecule has 0 radical (unpaired) electrons. The van der Waals surface area contributed by atoms with Gasteiger partial charge in [0.25, 0.3) is 5.91 Å². The van der Waals surface area contributed by atoms with Gasteiger partial charge in [0, 0.05) is 11.1 Å². The SMILES string of the molecule is O=C(NCc1ccccn1)c1cc2c(s1)-c1ccc(F)c(F)c1CC2. The molecule has 0 spiro atoms. The van der Waals surface area contributed by atoms with Gasteiger partial charge in [0.2, 0.25) is 0 Å². The lowest BCUT2D eigenvalue weighted by Crippen LogP contribution is -2.22. The molecule has 0 atom stereocenters. The second-order valence-electron chi connectivity index (χ2n) is 5.86. The van der Waals surface area contributed by atoms with Gasteiger partial charge >= 0.3 is 0 Å². The summed E-state index contributed by atoms with van der Waals surface area (Å²) in [4.78, 5) is 18.0. The minimum Gasteiger partial charge on any atom is -0.346 e. The maximum Gasteiger partial charge on any atom is 0.261 e. The topological polar surface area (TPSA) is 42.0 Å². The van der Waals surface area contributed by atoms with Gasteiger partial charge < -0.3 is 5.32 Å². The minimum absolute atomic E-state index is 0.186. The summed E-state index contributed by atoms with van der Waals surface area (Å²) in [5, 5.41) is 2.84. The number of benzene rings is 1. The molecule has 0 bridgehead atoms. The smallest absolute Gasteiger partial charge is 0.261 e. The van der Waals surface area contributed by atoms with Crippen molar-refractivity contribution >= 4 is 17.2 Å². The van der Waals surface area contributed by atoms with Gasteiger partial charge in [-0.15, -0.1) is 11.3 Å². The fourth-order valence-electron chi connectivity index (χ4n) is 3.02. The van der Waals surface area contributed by atoms with E-state index in [1.807, 2.05) is 24.3 Å². The maximum absolute atomic E-state index is 14.0. The Morgan fingerprint density at radius 2 is 2.08 bits per heavy atom. The van der Waals surface area contributed by atoms with E-state index in [9.17, 15) is 13.6 Å². The molecule has 2 heterocycles. The number of aryl methyl sites for hydroxylation is 1. The number of pyridine rings is 1. The molecule has 4 rings (SSSR count). The van der Waals surface area contributed by atoms with Crippen molar-refractivity contribution in [3.8, 4) is 10.4 Å². The van der Waals surface area contributed by atoms with Crippen LogP contribution in [0.2, 0.25) is 0 Å². The highest BCUT2D eigenvalue weighted by molar-refractivity contribution is 7.17. The molecule has 25 heavy (non-hydrogen) atoms. The molecule has 1 aliphatic carbocycles. The highest BCUT2D eigenvalue weighted by atomic mass is 32.1. The molecule has 0 unspecified atom stereocenters. The number of carbonyl (C=O) groups excluding carboxylic acids is 1. The zero-order valence-corrected chi connectivity index (χ0v) is 14.0. The van der Waals surface area contributed by atoms with Crippen LogP contribution in [0.4, 0.5) is 8.78 Å². The Balaban J connectivity index is 1.59. The normalized spacial score (nSPS) is 12.4. The lowest BCUT2D eigenvalue weighted by molar-refractivity contribution is 0.0954. The fourth-order valence-corrected chi connectivity index (χ4v) is 4.20. The van der Waals surface area contributed by atoms with E-state index in [1.54, 1.807) is 12.3 Å². The first-order valence-corrected chi connectivity index (χ1v) is 8.73. The van der Waals surface area contributed by atoms with Crippen LogP contribution in [0, 0.1) is 11.6 Å². The third kappa shape index (κ3) is 2.93. The van der Waals surface area contributed by atoms with Crippen LogP contribution in [-0.2, 0) is 19.4 Å². The van der Waals surface area contributed by atoms with Gasteiger partial charge in [0.1, 0.15) is 0 Å². The number of amides is 1. The van der Waals surface area contributed by atoms with E-state index in [0.29, 0.717) is 35.4 Å². The molecular formula is C19H14F2N2OS. The Morgan fingerprint density at radius 1 is 1.20 bits per heavy atom. The molecule has 0 aliphatic heterocycles. The summed E-state index contributed by atoms with van der Waals surface area (Å²) in [7, 11) is 0. The van der Waals surface area contributed by atoms with Crippen LogP contribution >= 0.6 is 11.3 Å². The third-order valence-electron chi connectivity index (χ3n) is 4.27. The highest BCUT2D eigenvalue weighted by Gasteiger charge is 2.25. The van der Waals surface area contributed by atoms with Crippen molar-refractivity contribution < 1.29 is 13.6 Å². The Hall–Kier alpha value is -2.60. The number of rotatable bonds is 3. The number of nitrogens with one attached hydrogen (secondary N) is 1. The summed E-state index contributed by atoms with van der Waals surface area (Å²) in [6.45, 7) is 0.346. The highest BCUT2D eigenvalue weighted by Crippen LogP contribution is 2.40. The molecule has 126 valence electrons. The molecule has 3 aromatic rings. The molecule has 1 aliphatic rings. The third-order valence-corrected chi connectivity index (χ3v) is 5.48. The molecule has 6 heteroatoms. The van der Waals surface area contributed by atoms with E-state index in [4.69, 9.17) is 0 Å². The summed E-state index contributed by atoms with van der Waals surface area (Å²) in [6, 6.07) is 10.1. The molecule has 0 saturated heterocycles.